The smallest absolute Gasteiger partial charge is 0.224 e. The molecule has 0 bridgehead atoms. The third kappa shape index (κ3) is 2.72. The Morgan fingerprint density at radius 2 is 2.06 bits per heavy atom. The van der Waals surface area contributed by atoms with Gasteiger partial charge in [-0.3, -0.25) is 4.98 Å². The van der Waals surface area contributed by atoms with Gasteiger partial charge in [0.25, 0.3) is 0 Å². The second-order valence-electron chi connectivity index (χ2n) is 2.82. The fourth-order valence-corrected chi connectivity index (χ4v) is 1.78. The van der Waals surface area contributed by atoms with Crippen LogP contribution < -0.4 is 5.32 Å². The van der Waals surface area contributed by atoms with E-state index in [0.29, 0.717) is 10.8 Å². The van der Waals surface area contributed by atoms with Crippen LogP contribution in [0.4, 0.5) is 11.5 Å². The van der Waals surface area contributed by atoms with Crippen molar-refractivity contribution in [3.05, 3.63) is 38.5 Å². The van der Waals surface area contributed by atoms with E-state index in [1.807, 2.05) is 6.07 Å². The number of aromatic nitrogens is 3. The SMILES string of the molecule is Clc1ncc(Cl)c(Nc2ccncc2I)n1. The number of pyridine rings is 1. The minimum absolute atomic E-state index is 0.149. The van der Waals surface area contributed by atoms with Crippen LogP contribution in [0.3, 0.4) is 0 Å². The van der Waals surface area contributed by atoms with Crippen LogP contribution in [0.2, 0.25) is 10.3 Å². The van der Waals surface area contributed by atoms with Crippen molar-refractivity contribution in [2.45, 2.75) is 0 Å². The molecule has 2 rings (SSSR count). The van der Waals surface area contributed by atoms with Gasteiger partial charge in [0.15, 0.2) is 5.82 Å². The monoisotopic (exact) mass is 366 g/mol. The molecule has 0 saturated carbocycles. The summed E-state index contributed by atoms with van der Waals surface area (Å²) in [7, 11) is 0. The Morgan fingerprint density at radius 1 is 1.25 bits per heavy atom. The molecule has 0 atom stereocenters. The van der Waals surface area contributed by atoms with Gasteiger partial charge in [0.2, 0.25) is 5.28 Å². The van der Waals surface area contributed by atoms with Crippen molar-refractivity contribution in [3.63, 3.8) is 0 Å². The van der Waals surface area contributed by atoms with E-state index in [4.69, 9.17) is 23.2 Å². The molecule has 2 heterocycles. The van der Waals surface area contributed by atoms with Gasteiger partial charge in [-0.15, -0.1) is 0 Å². The van der Waals surface area contributed by atoms with Crippen LogP contribution in [0.15, 0.2) is 24.7 Å². The highest BCUT2D eigenvalue weighted by atomic mass is 127. The first-order valence-electron chi connectivity index (χ1n) is 4.21. The number of nitrogens with one attached hydrogen (secondary N) is 1. The molecule has 0 unspecified atom stereocenters. The third-order valence-electron chi connectivity index (χ3n) is 1.74. The van der Waals surface area contributed by atoms with E-state index in [1.54, 1.807) is 12.4 Å². The lowest BCUT2D eigenvalue weighted by atomic mass is 10.4. The Labute approximate surface area is 116 Å². The Kier molecular flexibility index (Phi) is 3.78. The number of rotatable bonds is 2. The molecule has 1 N–H and O–H groups in total. The van der Waals surface area contributed by atoms with Gasteiger partial charge in [0.1, 0.15) is 5.02 Å². The molecule has 82 valence electrons. The zero-order chi connectivity index (χ0) is 11.5. The van der Waals surface area contributed by atoms with Crippen LogP contribution >= 0.6 is 45.8 Å². The molecule has 0 spiro atoms. The largest absolute Gasteiger partial charge is 0.338 e. The molecular weight excluding hydrogens is 362 g/mol. The maximum absolute atomic E-state index is 5.93. The highest BCUT2D eigenvalue weighted by Gasteiger charge is 2.06. The van der Waals surface area contributed by atoms with E-state index in [2.05, 4.69) is 42.9 Å². The van der Waals surface area contributed by atoms with Crippen molar-refractivity contribution in [3.8, 4) is 0 Å². The summed E-state index contributed by atoms with van der Waals surface area (Å²) in [5, 5.41) is 3.63. The number of hydrogen-bond acceptors (Lipinski definition) is 4. The van der Waals surface area contributed by atoms with Crippen molar-refractivity contribution in [2.75, 3.05) is 5.32 Å². The summed E-state index contributed by atoms with van der Waals surface area (Å²) < 4.78 is 0.964. The number of hydrogen-bond donors (Lipinski definition) is 1. The van der Waals surface area contributed by atoms with Crippen LogP contribution in [0.25, 0.3) is 0 Å². The molecule has 0 saturated heterocycles. The van der Waals surface area contributed by atoms with Crippen LogP contribution in [0.5, 0.6) is 0 Å². The molecule has 0 radical (unpaired) electrons. The molecule has 0 amide bonds. The van der Waals surface area contributed by atoms with Crippen LogP contribution in [0, 0.1) is 3.57 Å². The predicted octanol–water partition coefficient (Wildman–Crippen LogP) is 3.53. The average Bonchev–Trinajstić information content (AvgIpc) is 2.27. The first kappa shape index (κ1) is 11.8. The van der Waals surface area contributed by atoms with E-state index >= 15 is 0 Å². The van der Waals surface area contributed by atoms with E-state index in [-0.39, 0.29) is 5.28 Å². The standard InChI is InChI=1S/C9H5Cl2IN4/c10-5-3-14-9(11)16-8(5)15-7-1-2-13-4-6(7)12/h1-4H,(H,13,14,15,16). The topological polar surface area (TPSA) is 50.7 Å². The summed E-state index contributed by atoms with van der Waals surface area (Å²) in [4.78, 5) is 11.8. The summed E-state index contributed by atoms with van der Waals surface area (Å²) in [5.74, 6) is 0.478. The quantitative estimate of drug-likeness (QED) is 0.652. The molecule has 0 aromatic carbocycles. The zero-order valence-corrected chi connectivity index (χ0v) is 11.5. The highest BCUT2D eigenvalue weighted by molar-refractivity contribution is 14.1. The molecule has 2 aromatic heterocycles. The summed E-state index contributed by atoms with van der Waals surface area (Å²) in [5.41, 5.74) is 0.868. The van der Waals surface area contributed by atoms with Crippen LogP contribution in [0.1, 0.15) is 0 Å². The van der Waals surface area contributed by atoms with Crippen molar-refractivity contribution in [2.24, 2.45) is 0 Å². The van der Waals surface area contributed by atoms with Gasteiger partial charge >= 0.3 is 0 Å². The maximum Gasteiger partial charge on any atom is 0.224 e. The first-order valence-corrected chi connectivity index (χ1v) is 6.05. The zero-order valence-electron chi connectivity index (χ0n) is 7.78. The van der Waals surface area contributed by atoms with Gasteiger partial charge < -0.3 is 5.32 Å². The van der Waals surface area contributed by atoms with Crippen molar-refractivity contribution < 1.29 is 0 Å². The number of nitrogens with zero attached hydrogens (tertiary/aromatic N) is 3. The molecule has 0 fully saturated rings. The van der Waals surface area contributed by atoms with Gasteiger partial charge in [0, 0.05) is 12.4 Å². The summed E-state index contributed by atoms with van der Waals surface area (Å²) in [6.45, 7) is 0. The van der Waals surface area contributed by atoms with Crippen molar-refractivity contribution >= 4 is 57.3 Å². The highest BCUT2D eigenvalue weighted by Crippen LogP contribution is 2.25. The summed E-state index contributed by atoms with van der Waals surface area (Å²) in [6.07, 6.45) is 4.87. The lowest BCUT2D eigenvalue weighted by Crippen LogP contribution is -1.98. The van der Waals surface area contributed by atoms with Gasteiger partial charge in [-0.05, 0) is 40.3 Å². The van der Waals surface area contributed by atoms with Gasteiger partial charge in [-0.1, -0.05) is 11.6 Å². The number of anilines is 2. The minimum Gasteiger partial charge on any atom is -0.338 e. The van der Waals surface area contributed by atoms with Crippen LogP contribution in [-0.2, 0) is 0 Å². The molecule has 16 heavy (non-hydrogen) atoms. The predicted molar refractivity (Wildman–Crippen MR) is 72.3 cm³/mol. The van der Waals surface area contributed by atoms with E-state index in [9.17, 15) is 0 Å². The molecule has 4 nitrogen and oxygen atoms in total. The maximum atomic E-state index is 5.93. The number of halogens is 3. The second-order valence-corrected chi connectivity index (χ2v) is 4.72. The minimum atomic E-state index is 0.149. The third-order valence-corrected chi connectivity index (χ3v) is 3.06. The fourth-order valence-electron chi connectivity index (χ4n) is 1.04. The molecule has 2 aromatic rings. The first-order chi connectivity index (χ1) is 7.66. The molecular formula is C9H5Cl2IN4. The van der Waals surface area contributed by atoms with E-state index in [0.717, 1.165) is 9.26 Å². The van der Waals surface area contributed by atoms with Gasteiger partial charge in [-0.2, -0.15) is 4.98 Å². The molecule has 7 heteroatoms. The molecule has 0 aliphatic heterocycles. The lowest BCUT2D eigenvalue weighted by molar-refractivity contribution is 1.16. The molecule has 0 aliphatic carbocycles. The molecule has 0 aliphatic rings. The second kappa shape index (κ2) is 5.11. The van der Waals surface area contributed by atoms with E-state index < -0.39 is 0 Å². The normalized spacial score (nSPS) is 10.2. The summed E-state index contributed by atoms with van der Waals surface area (Å²) in [6, 6.07) is 1.83. The Morgan fingerprint density at radius 3 is 2.81 bits per heavy atom. The average molecular weight is 367 g/mol. The Balaban J connectivity index is 2.34. The van der Waals surface area contributed by atoms with Gasteiger partial charge in [-0.25, -0.2) is 4.98 Å². The van der Waals surface area contributed by atoms with Crippen molar-refractivity contribution in [1.29, 1.82) is 0 Å². The van der Waals surface area contributed by atoms with Crippen molar-refractivity contribution in [1.82, 2.24) is 15.0 Å². The van der Waals surface area contributed by atoms with Gasteiger partial charge in [0.05, 0.1) is 15.5 Å². The Bertz CT molecular complexity index is 521. The van der Waals surface area contributed by atoms with E-state index in [1.165, 1.54) is 6.20 Å². The lowest BCUT2D eigenvalue weighted by Gasteiger charge is -2.08. The fraction of sp³-hybridized carbons (Fsp3) is 0. The summed E-state index contributed by atoms with van der Waals surface area (Å²) >= 11 is 13.8. The van der Waals surface area contributed by atoms with Crippen LogP contribution in [-0.4, -0.2) is 15.0 Å². The Hall–Kier alpha value is -0.660.